The van der Waals surface area contributed by atoms with E-state index >= 15 is 0 Å². The molecule has 9 aromatic carbocycles. The molecule has 0 saturated heterocycles. The molecular formula is C71H54N6. The molecule has 77 heavy (non-hydrogen) atoms. The summed E-state index contributed by atoms with van der Waals surface area (Å²) in [5.41, 5.74) is 27.7. The van der Waals surface area contributed by atoms with E-state index in [4.69, 9.17) is 15.0 Å². The number of allylic oxidation sites excluding steroid dienone is 6. The quantitative estimate of drug-likeness (QED) is 0.135. The zero-order chi connectivity index (χ0) is 52.9. The fraction of sp³-hybridized carbons (Fsp3) is 0.113. The minimum atomic E-state index is -0.659. The smallest absolute Gasteiger partial charge is 0.138 e. The predicted molar refractivity (Wildman–Crippen MR) is 329 cm³/mol. The molecule has 3 aliphatic heterocycles. The summed E-state index contributed by atoms with van der Waals surface area (Å²) in [6.07, 6.45) is 0. The molecule has 0 fully saturated rings. The number of nitrogens with zero attached hydrogens (tertiary/aromatic N) is 3. The zero-order valence-electron chi connectivity index (χ0n) is 44.2. The Morgan fingerprint density at radius 2 is 0.519 bits per heavy atom. The molecule has 6 nitrogen and oxygen atoms in total. The monoisotopic (exact) mass is 990 g/mol. The summed E-state index contributed by atoms with van der Waals surface area (Å²) < 4.78 is 0. The Morgan fingerprint density at radius 1 is 0.299 bits per heavy atom. The minimum Gasteiger partial charge on any atom is -0.339 e. The van der Waals surface area contributed by atoms with Crippen LogP contribution in [0.3, 0.4) is 0 Å². The number of aliphatic imine (C=N–C) groups is 3. The zero-order valence-corrected chi connectivity index (χ0v) is 44.2. The van der Waals surface area contributed by atoms with Gasteiger partial charge in [-0.25, -0.2) is 15.0 Å². The van der Waals surface area contributed by atoms with Crippen LogP contribution in [0.2, 0.25) is 0 Å². The summed E-state index contributed by atoms with van der Waals surface area (Å²) in [6, 6.07) is 47.7. The predicted octanol–water partition coefficient (Wildman–Crippen LogP) is 18.2. The van der Waals surface area contributed by atoms with E-state index in [0.717, 1.165) is 151 Å². The lowest BCUT2D eigenvalue weighted by molar-refractivity contribution is 0.492. The molecule has 0 bridgehead atoms. The Morgan fingerprint density at radius 3 is 0.740 bits per heavy atom. The van der Waals surface area contributed by atoms with Gasteiger partial charge < -0.3 is 16.0 Å². The number of hydrogen-bond acceptors (Lipinski definition) is 6. The third kappa shape index (κ3) is 5.66. The fourth-order valence-electron chi connectivity index (χ4n) is 14.0. The molecule has 15 rings (SSSR count). The van der Waals surface area contributed by atoms with Crippen molar-refractivity contribution < 1.29 is 0 Å². The van der Waals surface area contributed by atoms with Crippen LogP contribution in [0.15, 0.2) is 182 Å². The van der Waals surface area contributed by atoms with Gasteiger partial charge in [0.05, 0.1) is 27.9 Å². The SMILES string of the molecule is C=C(C)c1cc(C(=C)C)cc(C2=Nc3ccc4c5c(ccc(c35)N2)C23c5ccc6c7c(ccc(c57)C42c2ccc4c5c(ccc3c25)NC(c2cc(C(=C)C)cc(C(=C)C)c2)=N4)N=C(c2cc(C(=C)C)cc(C(=C)C)c2)N6)c1. The highest BCUT2D eigenvalue weighted by Gasteiger charge is 2.70. The number of benzene rings is 9. The van der Waals surface area contributed by atoms with Gasteiger partial charge in [0.1, 0.15) is 17.5 Å². The van der Waals surface area contributed by atoms with Gasteiger partial charge in [0.15, 0.2) is 0 Å². The maximum absolute atomic E-state index is 5.48. The Bertz CT molecular complexity index is 4010. The second-order valence-electron chi connectivity index (χ2n) is 22.5. The topological polar surface area (TPSA) is 73.2 Å². The summed E-state index contributed by atoms with van der Waals surface area (Å²) in [6.45, 7) is 38.1. The van der Waals surface area contributed by atoms with E-state index in [1.165, 1.54) is 49.5 Å². The molecular weight excluding hydrogens is 937 g/mol. The highest BCUT2D eigenvalue weighted by atomic mass is 15.0. The van der Waals surface area contributed by atoms with Gasteiger partial charge in [-0.05, 0) is 215 Å². The maximum Gasteiger partial charge on any atom is 0.138 e. The normalized spacial score (nSPS) is 17.9. The van der Waals surface area contributed by atoms with Gasteiger partial charge in [-0.15, -0.1) is 0 Å². The second-order valence-corrected chi connectivity index (χ2v) is 22.5. The number of rotatable bonds is 9. The first-order valence-corrected chi connectivity index (χ1v) is 26.4. The van der Waals surface area contributed by atoms with Gasteiger partial charge in [-0.3, -0.25) is 0 Å². The van der Waals surface area contributed by atoms with Crippen molar-refractivity contribution in [3.05, 3.63) is 250 Å². The standard InChI is InChI=1S/C71H54N6/c1-34(2)40-25-41(35(3)4)29-46(28-40)67-72-55-19-13-49-61-50(14-20-56(73-67)64(55)61)71-52-16-22-58-65-57(74-68(75-58)47-30-42(36(5)6)26-43(31-47)37(7)8)21-15-51(62(52)65)70(49,71)53-17-23-59-66-60(24-18-54(71)63(53)66)77-69(76-59)48-32-44(38(9)10)27-45(33-48)39(11)12/h13-33H,1,3,5,7,9,11H2,2,4,6,8,10,12H3,(H,72,73)(H,74,75)(H,76,77). The molecule has 6 aliphatic rings. The molecule has 3 heterocycles. The van der Waals surface area contributed by atoms with E-state index < -0.39 is 10.8 Å². The van der Waals surface area contributed by atoms with Crippen LogP contribution < -0.4 is 16.0 Å². The fourth-order valence-corrected chi connectivity index (χ4v) is 14.0. The molecule has 0 radical (unpaired) electrons. The van der Waals surface area contributed by atoms with Crippen molar-refractivity contribution in [2.24, 2.45) is 15.0 Å². The molecule has 9 aromatic rings. The van der Waals surface area contributed by atoms with Crippen LogP contribution in [0.25, 0.3) is 65.8 Å². The van der Waals surface area contributed by atoms with Crippen LogP contribution in [0, 0.1) is 0 Å². The third-order valence-corrected chi connectivity index (χ3v) is 17.4. The first kappa shape index (κ1) is 45.0. The lowest BCUT2D eigenvalue weighted by Crippen LogP contribution is -2.42. The summed E-state index contributed by atoms with van der Waals surface area (Å²) in [5.74, 6) is 2.41. The molecule has 6 heteroatoms. The third-order valence-electron chi connectivity index (χ3n) is 17.4. The van der Waals surface area contributed by atoms with Crippen molar-refractivity contribution in [1.82, 2.24) is 0 Å². The minimum absolute atomic E-state index is 0.659. The van der Waals surface area contributed by atoms with Crippen LogP contribution in [-0.4, -0.2) is 17.5 Å². The Balaban J connectivity index is 0.988. The van der Waals surface area contributed by atoms with Crippen molar-refractivity contribution in [1.29, 1.82) is 0 Å². The Labute approximate surface area is 448 Å². The van der Waals surface area contributed by atoms with Gasteiger partial charge >= 0.3 is 0 Å². The largest absolute Gasteiger partial charge is 0.339 e. The highest BCUT2D eigenvalue weighted by molar-refractivity contribution is 6.28. The van der Waals surface area contributed by atoms with Crippen LogP contribution in [0.5, 0.6) is 0 Å². The van der Waals surface area contributed by atoms with E-state index in [0.29, 0.717) is 0 Å². The summed E-state index contributed by atoms with van der Waals surface area (Å²) in [7, 11) is 0. The lowest BCUT2D eigenvalue weighted by Gasteiger charge is -2.40. The van der Waals surface area contributed by atoms with Crippen molar-refractivity contribution in [2.75, 3.05) is 16.0 Å². The Kier molecular flexibility index (Phi) is 8.86. The summed E-state index contributed by atoms with van der Waals surface area (Å²) in [4.78, 5) is 16.4. The summed E-state index contributed by atoms with van der Waals surface area (Å²) >= 11 is 0. The van der Waals surface area contributed by atoms with E-state index in [9.17, 15) is 0 Å². The lowest BCUT2D eigenvalue weighted by atomic mass is 9.59. The summed E-state index contributed by atoms with van der Waals surface area (Å²) in [5, 5.41) is 18.7. The number of hydrogen-bond donors (Lipinski definition) is 3. The van der Waals surface area contributed by atoms with Gasteiger partial charge in [0.2, 0.25) is 0 Å². The average Bonchev–Trinajstić information content (AvgIpc) is 1.69. The molecule has 3 N–H and O–H groups in total. The van der Waals surface area contributed by atoms with Gasteiger partial charge in [-0.1, -0.05) is 109 Å². The van der Waals surface area contributed by atoms with Crippen LogP contribution in [0.4, 0.5) is 34.1 Å². The van der Waals surface area contributed by atoms with E-state index in [2.05, 4.69) is 183 Å². The van der Waals surface area contributed by atoms with Gasteiger partial charge in [-0.2, -0.15) is 0 Å². The first-order chi connectivity index (χ1) is 37.1. The molecule has 0 aromatic heterocycles. The van der Waals surface area contributed by atoms with Crippen LogP contribution >= 0.6 is 0 Å². The van der Waals surface area contributed by atoms with Crippen LogP contribution in [0.1, 0.15) is 125 Å². The number of anilines is 3. The van der Waals surface area contributed by atoms with Crippen molar-refractivity contribution in [3.8, 4) is 0 Å². The van der Waals surface area contributed by atoms with Gasteiger partial charge in [0.25, 0.3) is 0 Å². The van der Waals surface area contributed by atoms with Crippen molar-refractivity contribution in [2.45, 2.75) is 52.4 Å². The maximum atomic E-state index is 5.48. The number of nitrogens with one attached hydrogen (secondary N) is 3. The molecule has 3 aliphatic carbocycles. The highest BCUT2D eigenvalue weighted by Crippen LogP contribution is 2.77. The van der Waals surface area contributed by atoms with E-state index in [-0.39, 0.29) is 0 Å². The Hall–Kier alpha value is -9.39. The molecule has 0 saturated carbocycles. The number of amidine groups is 3. The van der Waals surface area contributed by atoms with E-state index in [1.54, 1.807) is 0 Å². The molecule has 0 amide bonds. The van der Waals surface area contributed by atoms with Crippen molar-refractivity contribution >= 4 is 117 Å². The second kappa shape index (κ2) is 15.1. The van der Waals surface area contributed by atoms with Gasteiger partial charge in [0, 0.05) is 49.9 Å². The van der Waals surface area contributed by atoms with Crippen molar-refractivity contribution in [3.63, 3.8) is 0 Å². The molecule has 0 unspecified atom stereocenters. The average molecular weight is 991 g/mol. The molecule has 0 atom stereocenters. The molecule has 0 spiro atoms. The van der Waals surface area contributed by atoms with Crippen LogP contribution in [-0.2, 0) is 10.8 Å². The first-order valence-electron chi connectivity index (χ1n) is 26.4. The molecule has 368 valence electrons. The van der Waals surface area contributed by atoms with E-state index in [1.807, 2.05) is 41.5 Å².